The molecule has 0 saturated carbocycles. The zero-order valence-electron chi connectivity index (χ0n) is 15.7. The molecule has 0 radical (unpaired) electrons. The van der Waals surface area contributed by atoms with E-state index in [1.165, 1.54) is 18.2 Å². The maximum atomic E-state index is 13.8. The third kappa shape index (κ3) is 6.46. The maximum Gasteiger partial charge on any atom is 0.254 e. The second kappa shape index (κ2) is 10.1. The second-order valence-electron chi connectivity index (χ2n) is 6.85. The molecule has 1 aromatic carbocycles. The molecule has 1 atom stereocenters. The number of amides is 2. The topological polar surface area (TPSA) is 58.6 Å². The normalized spacial score (nSPS) is 12.3. The number of halogens is 1. The van der Waals surface area contributed by atoms with Crippen LogP contribution in [0.25, 0.3) is 0 Å². The van der Waals surface area contributed by atoms with Crippen LogP contribution in [0.2, 0.25) is 0 Å². The summed E-state index contributed by atoms with van der Waals surface area (Å²) in [7, 11) is 1.58. The molecule has 1 rings (SSSR count). The summed E-state index contributed by atoms with van der Waals surface area (Å²) < 4.78 is 18.9. The van der Waals surface area contributed by atoms with Gasteiger partial charge in [0.25, 0.3) is 5.91 Å². The van der Waals surface area contributed by atoms with Gasteiger partial charge in [-0.1, -0.05) is 39.8 Å². The van der Waals surface area contributed by atoms with Crippen molar-refractivity contribution in [2.45, 2.75) is 33.7 Å². The van der Waals surface area contributed by atoms with Gasteiger partial charge in [-0.2, -0.15) is 0 Å². The lowest BCUT2D eigenvalue weighted by Gasteiger charge is -2.31. The lowest BCUT2D eigenvalue weighted by Crippen LogP contribution is -2.52. The zero-order valence-corrected chi connectivity index (χ0v) is 15.7. The number of benzene rings is 1. The van der Waals surface area contributed by atoms with Crippen LogP contribution in [0.3, 0.4) is 0 Å². The molecule has 2 amide bonds. The Balaban J connectivity index is 2.94. The van der Waals surface area contributed by atoms with Crippen LogP contribution in [0, 0.1) is 17.7 Å². The molecule has 140 valence electrons. The minimum absolute atomic E-state index is 0.0618. The number of nitrogens with one attached hydrogen (secondary N) is 1. The highest BCUT2D eigenvalue weighted by Crippen LogP contribution is 2.12. The lowest BCUT2D eigenvalue weighted by atomic mass is 10.0. The summed E-state index contributed by atoms with van der Waals surface area (Å²) in [6, 6.07) is 5.02. The Kier molecular flexibility index (Phi) is 8.55. The third-order valence-corrected chi connectivity index (χ3v) is 3.80. The van der Waals surface area contributed by atoms with Crippen molar-refractivity contribution in [1.82, 2.24) is 10.2 Å². The van der Waals surface area contributed by atoms with Crippen LogP contribution in [-0.4, -0.2) is 49.6 Å². The van der Waals surface area contributed by atoms with E-state index in [1.807, 2.05) is 27.7 Å². The highest BCUT2D eigenvalue weighted by Gasteiger charge is 2.29. The molecule has 0 aromatic heterocycles. The van der Waals surface area contributed by atoms with Crippen molar-refractivity contribution in [3.63, 3.8) is 0 Å². The molecule has 0 bridgehead atoms. The second-order valence-corrected chi connectivity index (χ2v) is 6.85. The Morgan fingerprint density at radius 1 is 1.20 bits per heavy atom. The molecular formula is C19H29FN2O3. The average molecular weight is 352 g/mol. The van der Waals surface area contributed by atoms with E-state index in [1.54, 1.807) is 18.1 Å². The van der Waals surface area contributed by atoms with Gasteiger partial charge in [0.2, 0.25) is 5.91 Å². The molecule has 1 aromatic rings. The third-order valence-electron chi connectivity index (χ3n) is 3.80. The van der Waals surface area contributed by atoms with Crippen LogP contribution >= 0.6 is 0 Å². The van der Waals surface area contributed by atoms with Crippen molar-refractivity contribution in [2.24, 2.45) is 11.8 Å². The van der Waals surface area contributed by atoms with E-state index in [4.69, 9.17) is 4.74 Å². The summed E-state index contributed by atoms with van der Waals surface area (Å²) in [5.74, 6) is -1.20. The molecule has 0 saturated heterocycles. The molecule has 0 aliphatic carbocycles. The minimum Gasteiger partial charge on any atom is -0.383 e. The number of ether oxygens (including phenoxy) is 1. The largest absolute Gasteiger partial charge is 0.383 e. The van der Waals surface area contributed by atoms with Crippen molar-refractivity contribution in [3.8, 4) is 0 Å². The fraction of sp³-hybridized carbons (Fsp3) is 0.579. The Morgan fingerprint density at radius 2 is 1.84 bits per heavy atom. The molecule has 0 fully saturated rings. The first-order valence-corrected chi connectivity index (χ1v) is 8.61. The van der Waals surface area contributed by atoms with Crippen LogP contribution in [0.5, 0.6) is 0 Å². The molecule has 0 aliphatic heterocycles. The van der Waals surface area contributed by atoms with E-state index in [9.17, 15) is 14.0 Å². The van der Waals surface area contributed by atoms with Crippen LogP contribution in [0.1, 0.15) is 38.1 Å². The van der Waals surface area contributed by atoms with Gasteiger partial charge in [0, 0.05) is 20.2 Å². The first kappa shape index (κ1) is 21.1. The lowest BCUT2D eigenvalue weighted by molar-refractivity contribution is -0.135. The first-order chi connectivity index (χ1) is 11.8. The molecule has 1 unspecified atom stereocenters. The number of hydrogen-bond donors (Lipinski definition) is 1. The highest BCUT2D eigenvalue weighted by molar-refractivity contribution is 5.97. The Labute approximate surface area is 149 Å². The smallest absolute Gasteiger partial charge is 0.254 e. The number of carbonyl (C=O) groups excluding carboxylic acids is 2. The Hall–Kier alpha value is -1.95. The van der Waals surface area contributed by atoms with E-state index in [0.29, 0.717) is 19.7 Å². The van der Waals surface area contributed by atoms with Gasteiger partial charge >= 0.3 is 0 Å². The summed E-state index contributed by atoms with van der Waals surface area (Å²) in [4.78, 5) is 27.0. The molecule has 25 heavy (non-hydrogen) atoms. The number of rotatable bonds is 9. The zero-order chi connectivity index (χ0) is 19.0. The SMILES string of the molecule is COCCN(CC(C)C)C(=O)C(NC(=O)c1ccccc1F)C(C)C. The fourth-order valence-corrected chi connectivity index (χ4v) is 2.51. The Bertz CT molecular complexity index is 576. The standard InChI is InChI=1S/C19H29FN2O3/c1-13(2)12-22(10-11-25-5)19(24)17(14(3)4)21-18(23)15-8-6-7-9-16(15)20/h6-9,13-14,17H,10-12H2,1-5H3,(H,21,23). The molecule has 6 heteroatoms. The predicted molar refractivity (Wildman–Crippen MR) is 95.8 cm³/mol. The van der Waals surface area contributed by atoms with E-state index in [-0.39, 0.29) is 23.3 Å². The molecular weight excluding hydrogens is 323 g/mol. The van der Waals surface area contributed by atoms with Crippen LogP contribution in [0.15, 0.2) is 24.3 Å². The minimum atomic E-state index is -0.720. The van der Waals surface area contributed by atoms with Gasteiger partial charge in [-0.25, -0.2) is 4.39 Å². The maximum absolute atomic E-state index is 13.8. The van der Waals surface area contributed by atoms with Gasteiger partial charge in [-0.3, -0.25) is 9.59 Å². The summed E-state index contributed by atoms with van der Waals surface area (Å²) in [5, 5.41) is 2.69. The van der Waals surface area contributed by atoms with E-state index < -0.39 is 17.8 Å². The van der Waals surface area contributed by atoms with Crippen molar-refractivity contribution in [2.75, 3.05) is 26.8 Å². The van der Waals surface area contributed by atoms with Crippen molar-refractivity contribution >= 4 is 11.8 Å². The summed E-state index contributed by atoms with van der Waals surface area (Å²) >= 11 is 0. The van der Waals surface area contributed by atoms with Crippen LogP contribution in [-0.2, 0) is 9.53 Å². The molecule has 5 nitrogen and oxygen atoms in total. The van der Waals surface area contributed by atoms with Crippen molar-refractivity contribution in [3.05, 3.63) is 35.6 Å². The number of carbonyl (C=O) groups is 2. The molecule has 0 heterocycles. The van der Waals surface area contributed by atoms with Gasteiger partial charge in [0.15, 0.2) is 0 Å². The van der Waals surface area contributed by atoms with E-state index in [2.05, 4.69) is 5.32 Å². The van der Waals surface area contributed by atoms with Gasteiger partial charge in [0.1, 0.15) is 11.9 Å². The quantitative estimate of drug-likeness (QED) is 0.743. The summed E-state index contributed by atoms with van der Waals surface area (Å²) in [6.07, 6.45) is 0. The molecule has 0 aliphatic rings. The fourth-order valence-electron chi connectivity index (χ4n) is 2.51. The van der Waals surface area contributed by atoms with Crippen LogP contribution < -0.4 is 5.32 Å². The van der Waals surface area contributed by atoms with Crippen molar-refractivity contribution in [1.29, 1.82) is 0 Å². The number of nitrogens with zero attached hydrogens (tertiary/aromatic N) is 1. The van der Waals surface area contributed by atoms with E-state index >= 15 is 0 Å². The number of hydrogen-bond acceptors (Lipinski definition) is 3. The first-order valence-electron chi connectivity index (χ1n) is 8.61. The van der Waals surface area contributed by atoms with Crippen LogP contribution in [0.4, 0.5) is 4.39 Å². The van der Waals surface area contributed by atoms with Gasteiger partial charge in [0.05, 0.1) is 12.2 Å². The highest BCUT2D eigenvalue weighted by atomic mass is 19.1. The van der Waals surface area contributed by atoms with Gasteiger partial charge in [-0.05, 0) is 24.0 Å². The number of methoxy groups -OCH3 is 1. The van der Waals surface area contributed by atoms with Gasteiger partial charge in [-0.15, -0.1) is 0 Å². The summed E-state index contributed by atoms with van der Waals surface area (Å²) in [5.41, 5.74) is -0.0618. The monoisotopic (exact) mass is 352 g/mol. The summed E-state index contributed by atoms with van der Waals surface area (Å²) in [6.45, 7) is 9.20. The molecule has 1 N–H and O–H groups in total. The van der Waals surface area contributed by atoms with E-state index in [0.717, 1.165) is 0 Å². The van der Waals surface area contributed by atoms with Gasteiger partial charge < -0.3 is 15.0 Å². The molecule has 0 spiro atoms. The Morgan fingerprint density at radius 3 is 2.36 bits per heavy atom. The predicted octanol–water partition coefficient (Wildman–Crippen LogP) is 2.71. The average Bonchev–Trinajstić information content (AvgIpc) is 2.55. The van der Waals surface area contributed by atoms with Crippen molar-refractivity contribution < 1.29 is 18.7 Å².